The topological polar surface area (TPSA) is 56.5 Å². The van der Waals surface area contributed by atoms with Crippen LogP contribution in [0.1, 0.15) is 26.7 Å². The summed E-state index contributed by atoms with van der Waals surface area (Å²) < 4.78 is 10.7. The molecule has 0 radical (unpaired) electrons. The van der Waals surface area contributed by atoms with Crippen molar-refractivity contribution in [3.8, 4) is 0 Å². The van der Waals surface area contributed by atoms with Crippen LogP contribution in [0.15, 0.2) is 0 Å². The molecule has 0 aromatic rings. The van der Waals surface area contributed by atoms with Crippen LogP contribution in [0, 0.1) is 0 Å². The molecule has 1 rings (SSSR count). The highest BCUT2D eigenvalue weighted by molar-refractivity contribution is 5.03. The average Bonchev–Trinajstić information content (AvgIpc) is 2.21. The van der Waals surface area contributed by atoms with Crippen molar-refractivity contribution in [1.82, 2.24) is 5.32 Å². The van der Waals surface area contributed by atoms with Crippen molar-refractivity contribution in [2.75, 3.05) is 26.8 Å². The molecule has 0 aromatic heterocycles. The summed E-state index contributed by atoms with van der Waals surface area (Å²) in [6, 6.07) is 0. The zero-order valence-corrected chi connectivity index (χ0v) is 10.1. The van der Waals surface area contributed by atoms with Crippen molar-refractivity contribution >= 4 is 0 Å². The predicted octanol–water partition coefficient (Wildman–Crippen LogP) is 0.507. The van der Waals surface area contributed by atoms with E-state index >= 15 is 0 Å². The molecule has 0 amide bonds. The SMILES string of the molecule is CCOC1CC(CN)(NCC(C)OC)C1. The molecule has 1 saturated carbocycles. The quantitative estimate of drug-likeness (QED) is 0.651. The monoisotopic (exact) mass is 216 g/mol. The van der Waals surface area contributed by atoms with E-state index in [4.69, 9.17) is 15.2 Å². The largest absolute Gasteiger partial charge is 0.380 e. The molecular weight excluding hydrogens is 192 g/mol. The molecule has 3 N–H and O–H groups in total. The summed E-state index contributed by atoms with van der Waals surface area (Å²) in [6.07, 6.45) is 2.67. The van der Waals surface area contributed by atoms with E-state index < -0.39 is 0 Å². The summed E-state index contributed by atoms with van der Waals surface area (Å²) >= 11 is 0. The third kappa shape index (κ3) is 3.41. The van der Waals surface area contributed by atoms with Crippen LogP contribution in [0.25, 0.3) is 0 Å². The van der Waals surface area contributed by atoms with Gasteiger partial charge in [0.2, 0.25) is 0 Å². The van der Waals surface area contributed by atoms with E-state index in [2.05, 4.69) is 12.2 Å². The van der Waals surface area contributed by atoms with Gasteiger partial charge >= 0.3 is 0 Å². The predicted molar refractivity (Wildman–Crippen MR) is 60.9 cm³/mol. The Hall–Kier alpha value is -0.160. The second-order valence-corrected chi connectivity index (χ2v) is 4.40. The van der Waals surface area contributed by atoms with Crippen molar-refractivity contribution < 1.29 is 9.47 Å². The minimum absolute atomic E-state index is 0.0899. The minimum Gasteiger partial charge on any atom is -0.380 e. The fourth-order valence-electron chi connectivity index (χ4n) is 1.99. The van der Waals surface area contributed by atoms with Crippen molar-refractivity contribution in [3.63, 3.8) is 0 Å². The second kappa shape index (κ2) is 5.80. The van der Waals surface area contributed by atoms with Crippen molar-refractivity contribution in [2.45, 2.75) is 44.4 Å². The van der Waals surface area contributed by atoms with Crippen LogP contribution in [0.4, 0.5) is 0 Å². The first-order valence-corrected chi connectivity index (χ1v) is 5.75. The molecule has 1 fully saturated rings. The van der Waals surface area contributed by atoms with E-state index in [1.807, 2.05) is 6.92 Å². The molecule has 0 saturated heterocycles. The van der Waals surface area contributed by atoms with Gasteiger partial charge in [0.25, 0.3) is 0 Å². The summed E-state index contributed by atoms with van der Waals surface area (Å²) in [6.45, 7) is 6.40. The van der Waals surface area contributed by atoms with E-state index in [-0.39, 0.29) is 11.6 Å². The average molecular weight is 216 g/mol. The van der Waals surface area contributed by atoms with E-state index in [1.54, 1.807) is 7.11 Å². The highest BCUT2D eigenvalue weighted by Gasteiger charge is 2.43. The lowest BCUT2D eigenvalue weighted by Gasteiger charge is -2.47. The maximum Gasteiger partial charge on any atom is 0.0667 e. The Morgan fingerprint density at radius 1 is 1.53 bits per heavy atom. The van der Waals surface area contributed by atoms with Crippen LogP contribution in [-0.2, 0) is 9.47 Å². The maximum atomic E-state index is 5.80. The Balaban J connectivity index is 2.25. The Kier molecular flexibility index (Phi) is 4.99. The van der Waals surface area contributed by atoms with Gasteiger partial charge in [-0.2, -0.15) is 0 Å². The van der Waals surface area contributed by atoms with Crippen LogP contribution in [0.3, 0.4) is 0 Å². The van der Waals surface area contributed by atoms with Crippen molar-refractivity contribution in [2.24, 2.45) is 5.73 Å². The zero-order valence-electron chi connectivity index (χ0n) is 10.1. The number of nitrogens with one attached hydrogen (secondary N) is 1. The third-order valence-electron chi connectivity index (χ3n) is 3.20. The van der Waals surface area contributed by atoms with E-state index in [9.17, 15) is 0 Å². The molecule has 1 aliphatic rings. The van der Waals surface area contributed by atoms with Crippen LogP contribution in [-0.4, -0.2) is 44.6 Å². The third-order valence-corrected chi connectivity index (χ3v) is 3.20. The molecule has 0 spiro atoms. The molecule has 4 nitrogen and oxygen atoms in total. The van der Waals surface area contributed by atoms with Gasteiger partial charge in [-0.05, 0) is 26.7 Å². The van der Waals surface area contributed by atoms with Gasteiger partial charge in [-0.25, -0.2) is 0 Å². The van der Waals surface area contributed by atoms with E-state index in [0.29, 0.717) is 12.6 Å². The highest BCUT2D eigenvalue weighted by atomic mass is 16.5. The molecule has 0 heterocycles. The molecule has 90 valence electrons. The van der Waals surface area contributed by atoms with Crippen LogP contribution in [0.5, 0.6) is 0 Å². The van der Waals surface area contributed by atoms with Gasteiger partial charge in [0.1, 0.15) is 0 Å². The summed E-state index contributed by atoms with van der Waals surface area (Å²) in [4.78, 5) is 0. The number of rotatable bonds is 7. The first-order valence-electron chi connectivity index (χ1n) is 5.75. The minimum atomic E-state index is 0.0899. The maximum absolute atomic E-state index is 5.80. The first-order chi connectivity index (χ1) is 7.15. The van der Waals surface area contributed by atoms with Gasteiger partial charge in [0.15, 0.2) is 0 Å². The Morgan fingerprint density at radius 2 is 2.20 bits per heavy atom. The molecule has 0 aliphatic heterocycles. The van der Waals surface area contributed by atoms with Crippen LogP contribution >= 0.6 is 0 Å². The second-order valence-electron chi connectivity index (χ2n) is 4.40. The standard InChI is InChI=1S/C11H24N2O2/c1-4-15-10-5-11(6-10,8-12)13-7-9(2)14-3/h9-10,13H,4-8,12H2,1-3H3. The number of hydrogen-bond donors (Lipinski definition) is 2. The molecule has 15 heavy (non-hydrogen) atoms. The van der Waals surface area contributed by atoms with Crippen molar-refractivity contribution in [1.29, 1.82) is 0 Å². The molecular formula is C11H24N2O2. The number of methoxy groups -OCH3 is 1. The Morgan fingerprint density at radius 3 is 2.67 bits per heavy atom. The molecule has 0 bridgehead atoms. The molecule has 0 aromatic carbocycles. The van der Waals surface area contributed by atoms with Gasteiger partial charge < -0.3 is 20.5 Å². The summed E-state index contributed by atoms with van der Waals surface area (Å²) in [5, 5.41) is 3.49. The van der Waals surface area contributed by atoms with Gasteiger partial charge in [-0.3, -0.25) is 0 Å². The van der Waals surface area contributed by atoms with Gasteiger partial charge in [0.05, 0.1) is 12.2 Å². The fraction of sp³-hybridized carbons (Fsp3) is 1.00. The molecule has 1 aliphatic carbocycles. The van der Waals surface area contributed by atoms with Gasteiger partial charge in [-0.1, -0.05) is 0 Å². The summed E-state index contributed by atoms with van der Waals surface area (Å²) in [5.41, 5.74) is 5.89. The fourth-order valence-corrected chi connectivity index (χ4v) is 1.99. The zero-order chi connectivity index (χ0) is 11.3. The molecule has 1 atom stereocenters. The van der Waals surface area contributed by atoms with Crippen LogP contribution in [0.2, 0.25) is 0 Å². The Labute approximate surface area is 92.5 Å². The summed E-state index contributed by atoms with van der Waals surface area (Å²) in [7, 11) is 1.73. The lowest BCUT2D eigenvalue weighted by Crippen LogP contribution is -2.63. The highest BCUT2D eigenvalue weighted by Crippen LogP contribution is 2.33. The first kappa shape index (κ1) is 12.9. The lowest BCUT2D eigenvalue weighted by atomic mass is 9.74. The van der Waals surface area contributed by atoms with Gasteiger partial charge in [0, 0.05) is 32.3 Å². The van der Waals surface area contributed by atoms with Crippen LogP contribution < -0.4 is 11.1 Å². The smallest absolute Gasteiger partial charge is 0.0667 e. The van der Waals surface area contributed by atoms with Gasteiger partial charge in [-0.15, -0.1) is 0 Å². The lowest BCUT2D eigenvalue weighted by molar-refractivity contribution is -0.0511. The number of nitrogens with two attached hydrogens (primary N) is 1. The van der Waals surface area contributed by atoms with E-state index in [1.165, 1.54) is 0 Å². The number of ether oxygens (including phenoxy) is 2. The molecule has 1 unspecified atom stereocenters. The number of hydrogen-bond acceptors (Lipinski definition) is 4. The summed E-state index contributed by atoms with van der Waals surface area (Å²) in [5.74, 6) is 0. The van der Waals surface area contributed by atoms with Crippen molar-refractivity contribution in [3.05, 3.63) is 0 Å². The Bertz CT molecular complexity index is 181. The normalized spacial score (nSPS) is 32.4. The van der Waals surface area contributed by atoms with E-state index in [0.717, 1.165) is 26.0 Å². The molecule has 4 heteroatoms.